The van der Waals surface area contributed by atoms with Crippen molar-refractivity contribution in [2.45, 2.75) is 23.4 Å². The second-order valence-corrected chi connectivity index (χ2v) is 7.64. The summed E-state index contributed by atoms with van der Waals surface area (Å²) in [4.78, 5) is 0.150. The lowest BCUT2D eigenvalue weighted by molar-refractivity contribution is -0.0328. The van der Waals surface area contributed by atoms with Crippen LogP contribution in [-0.2, 0) is 0 Å². The zero-order valence-corrected chi connectivity index (χ0v) is 13.8. The smallest absolute Gasteiger partial charge is 0.378 e. The maximum Gasteiger partial charge on any atom is 0.446 e. The number of thioether (sulfide) groups is 1. The molecule has 1 atom stereocenters. The molecular weight excluding hydrogens is 362 g/mol. The fourth-order valence-corrected chi connectivity index (χ4v) is 3.91. The quantitative estimate of drug-likeness (QED) is 0.590. The zero-order valence-electron chi connectivity index (χ0n) is 10.7. The van der Waals surface area contributed by atoms with E-state index in [1.165, 1.54) is 23.5 Å². The molecule has 0 aliphatic heterocycles. The maximum atomic E-state index is 12.2. The molecule has 0 aliphatic carbocycles. The molecule has 0 saturated heterocycles. The summed E-state index contributed by atoms with van der Waals surface area (Å²) in [5.74, 6) is 0. The number of thiophene rings is 1. The van der Waals surface area contributed by atoms with E-state index in [9.17, 15) is 13.2 Å². The largest absolute Gasteiger partial charge is 0.446 e. The summed E-state index contributed by atoms with van der Waals surface area (Å²) in [6.07, 6.45) is 0. The molecule has 1 aromatic heterocycles. The number of nitrogens with one attached hydrogen (secondary N) is 1. The summed E-state index contributed by atoms with van der Waals surface area (Å²) in [7, 11) is 0. The van der Waals surface area contributed by atoms with Gasteiger partial charge in [-0.25, -0.2) is 0 Å². The minimum Gasteiger partial charge on any atom is -0.378 e. The molecule has 21 heavy (non-hydrogen) atoms. The molecule has 1 nitrogen and oxygen atoms in total. The van der Waals surface area contributed by atoms with Crippen molar-refractivity contribution in [2.24, 2.45) is 0 Å². The zero-order chi connectivity index (χ0) is 15.6. The minimum atomic E-state index is -4.27. The highest BCUT2D eigenvalue weighted by molar-refractivity contribution is 8.00. The first-order chi connectivity index (χ1) is 9.74. The summed E-state index contributed by atoms with van der Waals surface area (Å²) in [5, 5.41) is 3.18. The van der Waals surface area contributed by atoms with Crippen molar-refractivity contribution in [3.63, 3.8) is 0 Å². The molecule has 1 aromatic carbocycles. The summed E-state index contributed by atoms with van der Waals surface area (Å²) >= 11 is 13.1. The van der Waals surface area contributed by atoms with Crippen molar-refractivity contribution in [3.05, 3.63) is 44.6 Å². The van der Waals surface area contributed by atoms with Crippen LogP contribution in [-0.4, -0.2) is 5.51 Å². The number of rotatable bonds is 4. The Bertz CT molecular complexity index is 611. The third kappa shape index (κ3) is 4.98. The molecule has 1 unspecified atom stereocenters. The van der Waals surface area contributed by atoms with Gasteiger partial charge in [0.15, 0.2) is 0 Å². The molecule has 2 aromatic rings. The molecule has 1 heterocycles. The van der Waals surface area contributed by atoms with E-state index in [0.29, 0.717) is 14.4 Å². The fourth-order valence-electron chi connectivity index (χ4n) is 1.73. The third-order valence-electron chi connectivity index (χ3n) is 2.62. The van der Waals surface area contributed by atoms with Crippen molar-refractivity contribution in [3.8, 4) is 0 Å². The summed E-state index contributed by atoms with van der Waals surface area (Å²) in [5.41, 5.74) is -2.70. The van der Waals surface area contributed by atoms with Crippen LogP contribution < -0.4 is 5.32 Å². The number of benzene rings is 1. The highest BCUT2D eigenvalue weighted by Crippen LogP contribution is 2.38. The second kappa shape index (κ2) is 6.69. The molecule has 2 rings (SSSR count). The van der Waals surface area contributed by atoms with E-state index >= 15 is 0 Å². The number of halogens is 5. The van der Waals surface area contributed by atoms with E-state index in [4.69, 9.17) is 23.2 Å². The molecule has 0 fully saturated rings. The lowest BCUT2D eigenvalue weighted by Gasteiger charge is -2.15. The Labute approximate surface area is 138 Å². The standard InChI is InChI=1S/C13H10Cl2F3NS2/c1-7(10-6-11(14)20-12(10)15)19-8-2-4-9(5-3-8)21-13(16,17)18/h2-7,19H,1H3. The molecule has 1 N–H and O–H groups in total. The van der Waals surface area contributed by atoms with E-state index in [-0.39, 0.29) is 22.7 Å². The summed E-state index contributed by atoms with van der Waals surface area (Å²) in [6.45, 7) is 1.91. The van der Waals surface area contributed by atoms with Crippen LogP contribution in [0.3, 0.4) is 0 Å². The molecule has 0 spiro atoms. The Hall–Kier alpha value is -0.560. The topological polar surface area (TPSA) is 12.0 Å². The van der Waals surface area contributed by atoms with Crippen LogP contribution in [0.4, 0.5) is 18.9 Å². The Balaban J connectivity index is 2.05. The van der Waals surface area contributed by atoms with Crippen LogP contribution in [0.1, 0.15) is 18.5 Å². The molecule has 0 radical (unpaired) electrons. The first kappa shape index (κ1) is 16.8. The molecule has 0 bridgehead atoms. The van der Waals surface area contributed by atoms with Gasteiger partial charge in [-0.05, 0) is 49.0 Å². The fraction of sp³-hybridized carbons (Fsp3) is 0.231. The number of alkyl halides is 3. The third-order valence-corrected chi connectivity index (χ3v) is 4.88. The average Bonchev–Trinajstić information content (AvgIpc) is 2.69. The molecule has 0 amide bonds. The van der Waals surface area contributed by atoms with Gasteiger partial charge in [-0.2, -0.15) is 13.2 Å². The molecular formula is C13H10Cl2F3NS2. The lowest BCUT2D eigenvalue weighted by Crippen LogP contribution is -2.06. The van der Waals surface area contributed by atoms with Gasteiger partial charge in [0.1, 0.15) is 0 Å². The predicted octanol–water partition coefficient (Wildman–Crippen LogP) is 6.84. The van der Waals surface area contributed by atoms with Crippen LogP contribution in [0, 0.1) is 0 Å². The SMILES string of the molecule is CC(Nc1ccc(SC(F)(F)F)cc1)c1cc(Cl)sc1Cl. The molecule has 8 heteroatoms. The van der Waals surface area contributed by atoms with Gasteiger partial charge in [-0.1, -0.05) is 23.2 Å². The van der Waals surface area contributed by atoms with Gasteiger partial charge in [0.25, 0.3) is 0 Å². The summed E-state index contributed by atoms with van der Waals surface area (Å²) < 4.78 is 37.9. The van der Waals surface area contributed by atoms with Crippen LogP contribution in [0.15, 0.2) is 35.2 Å². The predicted molar refractivity (Wildman–Crippen MR) is 84.7 cm³/mol. The van der Waals surface area contributed by atoms with Gasteiger partial charge >= 0.3 is 5.51 Å². The highest BCUT2D eigenvalue weighted by Gasteiger charge is 2.29. The number of anilines is 1. The molecule has 0 aliphatic rings. The average molecular weight is 372 g/mol. The van der Waals surface area contributed by atoms with Gasteiger partial charge in [0.2, 0.25) is 0 Å². The van der Waals surface area contributed by atoms with Crippen molar-refractivity contribution in [2.75, 3.05) is 5.32 Å². The van der Waals surface area contributed by atoms with Crippen LogP contribution in [0.2, 0.25) is 8.67 Å². The lowest BCUT2D eigenvalue weighted by atomic mass is 10.1. The van der Waals surface area contributed by atoms with Crippen LogP contribution in [0.5, 0.6) is 0 Å². The summed E-state index contributed by atoms with van der Waals surface area (Å²) in [6, 6.07) is 7.74. The first-order valence-electron chi connectivity index (χ1n) is 5.81. The molecule has 0 saturated carbocycles. The van der Waals surface area contributed by atoms with Gasteiger partial charge in [0.05, 0.1) is 14.7 Å². The monoisotopic (exact) mass is 371 g/mol. The van der Waals surface area contributed by atoms with E-state index in [0.717, 1.165) is 5.56 Å². The number of hydrogen-bond donors (Lipinski definition) is 1. The van der Waals surface area contributed by atoms with Gasteiger partial charge in [-0.3, -0.25) is 0 Å². The maximum absolute atomic E-state index is 12.2. The van der Waals surface area contributed by atoms with Crippen molar-refractivity contribution in [1.82, 2.24) is 0 Å². The Kier molecular flexibility index (Phi) is 5.35. The van der Waals surface area contributed by atoms with Gasteiger partial charge < -0.3 is 5.32 Å². The van der Waals surface area contributed by atoms with Gasteiger partial charge in [0, 0.05) is 16.1 Å². The van der Waals surface area contributed by atoms with E-state index in [1.54, 1.807) is 18.2 Å². The van der Waals surface area contributed by atoms with E-state index in [2.05, 4.69) is 5.32 Å². The minimum absolute atomic E-state index is 0.0950. The highest BCUT2D eigenvalue weighted by atomic mass is 35.5. The normalized spacial score (nSPS) is 13.2. The van der Waals surface area contributed by atoms with Crippen molar-refractivity contribution >= 4 is 52.0 Å². The second-order valence-electron chi connectivity index (χ2n) is 4.22. The first-order valence-corrected chi connectivity index (χ1v) is 8.20. The van der Waals surface area contributed by atoms with Crippen molar-refractivity contribution < 1.29 is 13.2 Å². The Morgan fingerprint density at radius 3 is 2.29 bits per heavy atom. The Morgan fingerprint density at radius 2 is 1.81 bits per heavy atom. The van der Waals surface area contributed by atoms with E-state index in [1.807, 2.05) is 6.92 Å². The van der Waals surface area contributed by atoms with Crippen LogP contribution in [0.25, 0.3) is 0 Å². The Morgan fingerprint density at radius 1 is 1.19 bits per heavy atom. The van der Waals surface area contributed by atoms with Crippen molar-refractivity contribution in [1.29, 1.82) is 0 Å². The van der Waals surface area contributed by atoms with Crippen LogP contribution >= 0.6 is 46.3 Å². The van der Waals surface area contributed by atoms with Gasteiger partial charge in [-0.15, -0.1) is 11.3 Å². The number of hydrogen-bond acceptors (Lipinski definition) is 3. The molecule has 114 valence electrons. The van der Waals surface area contributed by atoms with E-state index < -0.39 is 5.51 Å².